The zero-order valence-electron chi connectivity index (χ0n) is 18.7. The van der Waals surface area contributed by atoms with Crippen LogP contribution in [0.2, 0.25) is 0 Å². The van der Waals surface area contributed by atoms with Gasteiger partial charge in [0.25, 0.3) is 0 Å². The summed E-state index contributed by atoms with van der Waals surface area (Å²) in [6, 6.07) is 10.9. The molecule has 0 saturated heterocycles. The maximum absolute atomic E-state index is 12.5. The first-order valence-corrected chi connectivity index (χ1v) is 12.2. The van der Waals surface area contributed by atoms with E-state index >= 15 is 0 Å². The van der Waals surface area contributed by atoms with Crippen LogP contribution in [-0.4, -0.2) is 45.0 Å². The van der Waals surface area contributed by atoms with Crippen molar-refractivity contribution in [3.05, 3.63) is 59.7 Å². The molecule has 0 aliphatic carbocycles. The summed E-state index contributed by atoms with van der Waals surface area (Å²) < 4.78 is 38.0. The van der Waals surface area contributed by atoms with Crippen LogP contribution in [0, 0.1) is 0 Å². The Morgan fingerprint density at radius 2 is 1.76 bits per heavy atom. The summed E-state index contributed by atoms with van der Waals surface area (Å²) in [5.74, 6) is -0.132. The average Bonchev–Trinajstić information content (AvgIpc) is 2.78. The molecule has 0 radical (unpaired) electrons. The van der Waals surface area contributed by atoms with Crippen LogP contribution in [0.15, 0.2) is 53.4 Å². The molecule has 0 heterocycles. The van der Waals surface area contributed by atoms with Crippen molar-refractivity contribution in [1.29, 1.82) is 0 Å². The summed E-state index contributed by atoms with van der Waals surface area (Å²) in [6.45, 7) is 4.84. The van der Waals surface area contributed by atoms with Crippen LogP contribution in [0.5, 0.6) is 11.5 Å². The number of hydrogen-bond donors (Lipinski definition) is 2. The largest absolute Gasteiger partial charge is 0.490 e. The Morgan fingerprint density at radius 1 is 1.03 bits per heavy atom. The zero-order valence-corrected chi connectivity index (χ0v) is 19.6. The van der Waals surface area contributed by atoms with Crippen molar-refractivity contribution in [1.82, 2.24) is 4.72 Å². The van der Waals surface area contributed by atoms with E-state index in [-0.39, 0.29) is 23.6 Å². The topological polar surface area (TPSA) is 119 Å². The Hall–Kier alpha value is -3.17. The Balaban J connectivity index is 2.07. The molecule has 8 nitrogen and oxygen atoms in total. The fourth-order valence-corrected chi connectivity index (χ4v) is 3.82. The van der Waals surface area contributed by atoms with Gasteiger partial charge in [-0.2, -0.15) is 0 Å². The lowest BCUT2D eigenvalue weighted by Gasteiger charge is -2.12. The van der Waals surface area contributed by atoms with Crippen molar-refractivity contribution in [3.8, 4) is 11.5 Å². The lowest BCUT2D eigenvalue weighted by molar-refractivity contribution is -0.136. The van der Waals surface area contributed by atoms with E-state index in [1.165, 1.54) is 30.3 Å². The molecule has 0 aliphatic rings. The molecular weight excluding hydrogens is 446 g/mol. The molecule has 0 unspecified atom stereocenters. The Kier molecular flexibility index (Phi) is 10.1. The highest BCUT2D eigenvalue weighted by Gasteiger charge is 2.15. The minimum Gasteiger partial charge on any atom is -0.490 e. The average molecular weight is 476 g/mol. The van der Waals surface area contributed by atoms with Gasteiger partial charge in [0.05, 0.1) is 24.5 Å². The van der Waals surface area contributed by atoms with E-state index in [0.717, 1.165) is 18.4 Å². The fourth-order valence-electron chi connectivity index (χ4n) is 2.78. The first-order chi connectivity index (χ1) is 15.8. The second kappa shape index (κ2) is 12.8. The van der Waals surface area contributed by atoms with Crippen molar-refractivity contribution in [2.24, 2.45) is 0 Å². The van der Waals surface area contributed by atoms with Crippen LogP contribution in [-0.2, 0) is 14.8 Å². The van der Waals surface area contributed by atoms with Gasteiger partial charge in [0.1, 0.15) is 0 Å². The van der Waals surface area contributed by atoms with Gasteiger partial charge in [-0.25, -0.2) is 13.1 Å². The minimum atomic E-state index is -3.85. The second-order valence-corrected chi connectivity index (χ2v) is 8.87. The molecule has 0 aliphatic heterocycles. The van der Waals surface area contributed by atoms with E-state index in [1.54, 1.807) is 12.1 Å². The Labute approximate surface area is 194 Å². The second-order valence-electron chi connectivity index (χ2n) is 7.10. The van der Waals surface area contributed by atoms with Crippen LogP contribution in [0.25, 0.3) is 6.08 Å². The zero-order chi connectivity index (χ0) is 24.3. The molecule has 2 rings (SSSR count). The van der Waals surface area contributed by atoms with Gasteiger partial charge in [0.15, 0.2) is 17.3 Å². The molecule has 0 amide bonds. The van der Waals surface area contributed by atoms with E-state index in [1.807, 2.05) is 19.1 Å². The predicted molar refractivity (Wildman–Crippen MR) is 125 cm³/mol. The highest BCUT2D eigenvalue weighted by atomic mass is 32.2. The predicted octanol–water partition coefficient (Wildman–Crippen LogP) is 3.91. The summed E-state index contributed by atoms with van der Waals surface area (Å²) in [6.07, 6.45) is 4.70. The smallest absolute Gasteiger partial charge is 0.304 e. The third-order valence-corrected chi connectivity index (χ3v) is 6.01. The molecule has 2 N–H and O–H groups in total. The van der Waals surface area contributed by atoms with E-state index in [2.05, 4.69) is 11.6 Å². The fraction of sp³-hybridized carbons (Fsp3) is 0.333. The SMILES string of the molecule is CCCCOc1ccc(/C=C/C(=O)c2ccc(S(=O)(=O)NCCC(=O)O)cc2)cc1OCC. The van der Waals surface area contributed by atoms with Gasteiger partial charge in [0.2, 0.25) is 10.0 Å². The van der Waals surface area contributed by atoms with Crippen LogP contribution in [0.4, 0.5) is 0 Å². The summed E-state index contributed by atoms with van der Waals surface area (Å²) in [5, 5.41) is 8.62. The van der Waals surface area contributed by atoms with E-state index < -0.39 is 16.0 Å². The molecule has 0 atom stereocenters. The van der Waals surface area contributed by atoms with Crippen LogP contribution >= 0.6 is 0 Å². The lowest BCUT2D eigenvalue weighted by atomic mass is 10.1. The number of benzene rings is 2. The molecule has 0 fully saturated rings. The number of ether oxygens (including phenoxy) is 2. The number of nitrogens with one attached hydrogen (secondary N) is 1. The Bertz CT molecular complexity index is 1080. The summed E-state index contributed by atoms with van der Waals surface area (Å²) in [4.78, 5) is 23.0. The minimum absolute atomic E-state index is 0.0477. The molecule has 2 aromatic carbocycles. The number of rotatable bonds is 14. The van der Waals surface area contributed by atoms with Gasteiger partial charge in [-0.3, -0.25) is 9.59 Å². The van der Waals surface area contributed by atoms with Crippen molar-refractivity contribution in [2.75, 3.05) is 19.8 Å². The van der Waals surface area contributed by atoms with Gasteiger partial charge in [-0.05, 0) is 61.4 Å². The van der Waals surface area contributed by atoms with E-state index in [0.29, 0.717) is 30.3 Å². The van der Waals surface area contributed by atoms with Crippen molar-refractivity contribution >= 4 is 27.9 Å². The maximum Gasteiger partial charge on any atom is 0.304 e. The van der Waals surface area contributed by atoms with Crippen LogP contribution in [0.1, 0.15) is 49.0 Å². The van der Waals surface area contributed by atoms with Gasteiger partial charge in [-0.15, -0.1) is 0 Å². The number of carbonyl (C=O) groups excluding carboxylic acids is 1. The quantitative estimate of drug-likeness (QED) is 0.241. The molecule has 33 heavy (non-hydrogen) atoms. The molecule has 0 saturated carbocycles. The first-order valence-electron chi connectivity index (χ1n) is 10.7. The Morgan fingerprint density at radius 3 is 2.39 bits per heavy atom. The molecule has 9 heteroatoms. The summed E-state index contributed by atoms with van der Waals surface area (Å²) in [5.41, 5.74) is 1.08. The number of carboxylic acid groups (broad SMARTS) is 1. The number of sulfonamides is 1. The number of ketones is 1. The number of hydrogen-bond acceptors (Lipinski definition) is 6. The number of allylic oxidation sites excluding steroid dienone is 1. The monoisotopic (exact) mass is 475 g/mol. The van der Waals surface area contributed by atoms with Crippen molar-refractivity contribution in [3.63, 3.8) is 0 Å². The van der Waals surface area contributed by atoms with Crippen LogP contribution in [0.3, 0.4) is 0 Å². The molecular formula is C24H29NO7S. The van der Waals surface area contributed by atoms with E-state index in [9.17, 15) is 18.0 Å². The van der Waals surface area contributed by atoms with Crippen molar-refractivity contribution in [2.45, 2.75) is 38.0 Å². The number of unbranched alkanes of at least 4 members (excludes halogenated alkanes) is 1. The standard InChI is InChI=1S/C24H29NO7S/c1-3-5-16-32-22-13-7-18(17-23(22)31-4-2)6-12-21(26)19-8-10-20(11-9-19)33(29,30)25-15-14-24(27)28/h6-13,17,25H,3-5,14-16H2,1-2H3,(H,27,28)/b12-6+. The van der Waals surface area contributed by atoms with Crippen LogP contribution < -0.4 is 14.2 Å². The van der Waals surface area contributed by atoms with Gasteiger partial charge >= 0.3 is 5.97 Å². The normalized spacial score (nSPS) is 11.5. The lowest BCUT2D eigenvalue weighted by Crippen LogP contribution is -2.26. The third-order valence-electron chi connectivity index (χ3n) is 4.53. The number of carboxylic acids is 1. The number of carbonyl (C=O) groups is 2. The molecule has 178 valence electrons. The molecule has 0 bridgehead atoms. The van der Waals surface area contributed by atoms with Gasteiger partial charge in [0, 0.05) is 12.1 Å². The van der Waals surface area contributed by atoms with Crippen molar-refractivity contribution < 1.29 is 32.6 Å². The van der Waals surface area contributed by atoms with E-state index in [4.69, 9.17) is 14.6 Å². The number of aliphatic carboxylic acids is 1. The first kappa shape index (κ1) is 26.1. The molecule has 0 aromatic heterocycles. The summed E-state index contributed by atoms with van der Waals surface area (Å²) in [7, 11) is -3.85. The van der Waals surface area contributed by atoms with Gasteiger partial charge < -0.3 is 14.6 Å². The molecule has 0 spiro atoms. The highest BCUT2D eigenvalue weighted by molar-refractivity contribution is 7.89. The van der Waals surface area contributed by atoms with Gasteiger partial charge in [-0.1, -0.05) is 25.5 Å². The molecule has 2 aromatic rings. The summed E-state index contributed by atoms with van der Waals surface area (Å²) >= 11 is 0. The highest BCUT2D eigenvalue weighted by Crippen LogP contribution is 2.29. The third kappa shape index (κ3) is 8.36. The maximum atomic E-state index is 12.5.